The topological polar surface area (TPSA) is 95.9 Å². The Morgan fingerprint density at radius 1 is 1.33 bits per heavy atom. The van der Waals surface area contributed by atoms with Crippen LogP contribution in [0.3, 0.4) is 0 Å². The maximum atomic E-state index is 12.6. The van der Waals surface area contributed by atoms with Crippen LogP contribution in [0.2, 0.25) is 0 Å². The zero-order valence-corrected chi connectivity index (χ0v) is 16.0. The Morgan fingerprint density at radius 3 is 2.67 bits per heavy atom. The van der Waals surface area contributed by atoms with Gasteiger partial charge < -0.3 is 20.1 Å². The summed E-state index contributed by atoms with van der Waals surface area (Å²) in [4.78, 5) is 39.3. The Kier molecular flexibility index (Phi) is 6.38. The predicted octanol–water partition coefficient (Wildman–Crippen LogP) is 1.76. The smallest absolute Gasteiger partial charge is 0.326 e. The number of benzene rings is 1. The standard InChI is InChI=1S/C19H24N2O5S/c1-27-15-6-4-14(5-7-15)21-10-13(9-16(21)22)18(23)20-17(19(24)25)12-3-2-8-26-11-12/h4-7,12-13,17H,2-3,8-11H2,1H3,(H,20,23)(H,24,25). The first-order valence-corrected chi connectivity index (χ1v) is 10.3. The SMILES string of the molecule is CSc1ccc(N2CC(C(=O)NC(C(=O)O)C3CCCOC3)CC2=O)cc1. The summed E-state index contributed by atoms with van der Waals surface area (Å²) in [5.41, 5.74) is 0.753. The molecule has 2 aliphatic rings. The molecule has 0 saturated carbocycles. The summed E-state index contributed by atoms with van der Waals surface area (Å²) in [5, 5.41) is 12.1. The number of carboxylic acid groups (broad SMARTS) is 1. The Labute approximate surface area is 162 Å². The van der Waals surface area contributed by atoms with Gasteiger partial charge in [-0.1, -0.05) is 0 Å². The van der Waals surface area contributed by atoms with E-state index in [1.54, 1.807) is 16.7 Å². The summed E-state index contributed by atoms with van der Waals surface area (Å²) in [5.74, 6) is -2.37. The summed E-state index contributed by atoms with van der Waals surface area (Å²) in [6.45, 7) is 1.21. The van der Waals surface area contributed by atoms with Crippen molar-refractivity contribution >= 4 is 35.2 Å². The van der Waals surface area contributed by atoms with Gasteiger partial charge in [-0.25, -0.2) is 4.79 Å². The van der Waals surface area contributed by atoms with E-state index in [4.69, 9.17) is 4.74 Å². The average Bonchev–Trinajstić information content (AvgIpc) is 3.08. The van der Waals surface area contributed by atoms with Gasteiger partial charge >= 0.3 is 5.97 Å². The molecule has 2 saturated heterocycles. The van der Waals surface area contributed by atoms with Crippen LogP contribution in [0.5, 0.6) is 0 Å². The molecule has 1 aromatic carbocycles. The first-order valence-electron chi connectivity index (χ1n) is 9.05. The van der Waals surface area contributed by atoms with Crippen molar-refractivity contribution in [2.24, 2.45) is 11.8 Å². The van der Waals surface area contributed by atoms with Crippen molar-refractivity contribution in [1.29, 1.82) is 0 Å². The van der Waals surface area contributed by atoms with Crippen LogP contribution >= 0.6 is 11.8 Å². The Bertz CT molecular complexity index is 703. The number of ether oxygens (including phenoxy) is 1. The molecule has 3 unspecified atom stereocenters. The summed E-state index contributed by atoms with van der Waals surface area (Å²) in [6, 6.07) is 6.62. The third-order valence-electron chi connectivity index (χ3n) is 5.11. The van der Waals surface area contributed by atoms with Crippen LogP contribution in [0.25, 0.3) is 0 Å². The molecular formula is C19H24N2O5S. The fraction of sp³-hybridized carbons (Fsp3) is 0.526. The highest BCUT2D eigenvalue weighted by atomic mass is 32.2. The largest absolute Gasteiger partial charge is 0.480 e. The number of amides is 2. The highest BCUT2D eigenvalue weighted by Crippen LogP contribution is 2.27. The van der Waals surface area contributed by atoms with Gasteiger partial charge in [0.05, 0.1) is 12.5 Å². The lowest BCUT2D eigenvalue weighted by Gasteiger charge is -2.28. The van der Waals surface area contributed by atoms with E-state index in [1.807, 2.05) is 30.5 Å². The zero-order valence-electron chi connectivity index (χ0n) is 15.2. The van der Waals surface area contributed by atoms with E-state index in [9.17, 15) is 19.5 Å². The monoisotopic (exact) mass is 392 g/mol. The van der Waals surface area contributed by atoms with Crippen LogP contribution in [0, 0.1) is 11.8 Å². The Morgan fingerprint density at radius 2 is 2.07 bits per heavy atom. The van der Waals surface area contributed by atoms with Crippen molar-refractivity contribution in [3.63, 3.8) is 0 Å². The minimum Gasteiger partial charge on any atom is -0.480 e. The summed E-state index contributed by atoms with van der Waals surface area (Å²) in [7, 11) is 0. The molecule has 2 heterocycles. The minimum absolute atomic E-state index is 0.0869. The summed E-state index contributed by atoms with van der Waals surface area (Å²) in [6.07, 6.45) is 3.55. The predicted molar refractivity (Wildman–Crippen MR) is 102 cm³/mol. The van der Waals surface area contributed by atoms with Crippen LogP contribution < -0.4 is 10.2 Å². The van der Waals surface area contributed by atoms with E-state index in [0.29, 0.717) is 19.6 Å². The maximum Gasteiger partial charge on any atom is 0.326 e. The molecule has 3 atom stereocenters. The molecule has 0 spiro atoms. The first-order chi connectivity index (χ1) is 13.0. The molecule has 0 radical (unpaired) electrons. The number of carbonyl (C=O) groups is 3. The molecule has 0 bridgehead atoms. The van der Waals surface area contributed by atoms with Crippen molar-refractivity contribution in [2.75, 3.05) is 30.9 Å². The highest BCUT2D eigenvalue weighted by Gasteiger charge is 2.38. The second-order valence-corrected chi connectivity index (χ2v) is 7.78. The third-order valence-corrected chi connectivity index (χ3v) is 5.85. The number of nitrogens with zero attached hydrogens (tertiary/aromatic N) is 1. The van der Waals surface area contributed by atoms with Crippen molar-refractivity contribution in [3.05, 3.63) is 24.3 Å². The number of thioether (sulfide) groups is 1. The van der Waals surface area contributed by atoms with Crippen molar-refractivity contribution in [3.8, 4) is 0 Å². The average molecular weight is 392 g/mol. The molecule has 2 fully saturated rings. The van der Waals surface area contributed by atoms with Gasteiger partial charge in [0.15, 0.2) is 0 Å². The zero-order chi connectivity index (χ0) is 19.4. The fourth-order valence-electron chi connectivity index (χ4n) is 3.58. The number of carbonyl (C=O) groups excluding carboxylic acids is 2. The van der Waals surface area contributed by atoms with Gasteiger partial charge in [0.2, 0.25) is 11.8 Å². The van der Waals surface area contributed by atoms with Crippen LogP contribution in [0.1, 0.15) is 19.3 Å². The number of rotatable bonds is 6. The molecule has 3 rings (SSSR count). The van der Waals surface area contributed by atoms with E-state index in [1.165, 1.54) is 0 Å². The highest BCUT2D eigenvalue weighted by molar-refractivity contribution is 7.98. The molecule has 27 heavy (non-hydrogen) atoms. The lowest BCUT2D eigenvalue weighted by molar-refractivity contribution is -0.145. The van der Waals surface area contributed by atoms with Crippen molar-refractivity contribution in [2.45, 2.75) is 30.2 Å². The molecule has 2 aliphatic heterocycles. The lowest BCUT2D eigenvalue weighted by atomic mass is 9.93. The van der Waals surface area contributed by atoms with Crippen molar-refractivity contribution < 1.29 is 24.2 Å². The van der Waals surface area contributed by atoms with E-state index in [2.05, 4.69) is 5.32 Å². The van der Waals surface area contributed by atoms with Gasteiger partial charge in [0.25, 0.3) is 0 Å². The second kappa shape index (κ2) is 8.75. The van der Waals surface area contributed by atoms with E-state index < -0.39 is 17.9 Å². The van der Waals surface area contributed by atoms with Gasteiger partial charge in [0.1, 0.15) is 6.04 Å². The quantitative estimate of drug-likeness (QED) is 0.716. The van der Waals surface area contributed by atoms with Crippen LogP contribution in [0.15, 0.2) is 29.2 Å². The van der Waals surface area contributed by atoms with Gasteiger partial charge in [-0.2, -0.15) is 0 Å². The Hall–Kier alpha value is -2.06. The van der Waals surface area contributed by atoms with Crippen LogP contribution in [-0.2, 0) is 19.1 Å². The molecule has 2 amide bonds. The number of anilines is 1. The van der Waals surface area contributed by atoms with E-state index in [0.717, 1.165) is 17.0 Å². The fourth-order valence-corrected chi connectivity index (χ4v) is 3.98. The molecule has 2 N–H and O–H groups in total. The van der Waals surface area contributed by atoms with E-state index >= 15 is 0 Å². The summed E-state index contributed by atoms with van der Waals surface area (Å²) < 4.78 is 5.35. The first kappa shape index (κ1) is 19.7. The molecule has 146 valence electrons. The molecule has 0 aromatic heterocycles. The number of hydrogen-bond acceptors (Lipinski definition) is 5. The van der Waals surface area contributed by atoms with Crippen molar-refractivity contribution in [1.82, 2.24) is 5.32 Å². The van der Waals surface area contributed by atoms with Gasteiger partial charge in [-0.15, -0.1) is 11.8 Å². The molecule has 8 heteroatoms. The Balaban J connectivity index is 1.64. The normalized spacial score (nSPS) is 23.9. The van der Waals surface area contributed by atoms with Gasteiger partial charge in [-0.3, -0.25) is 9.59 Å². The lowest BCUT2D eigenvalue weighted by Crippen LogP contribution is -2.50. The van der Waals surface area contributed by atoms with Gasteiger partial charge in [0, 0.05) is 36.1 Å². The number of nitrogens with one attached hydrogen (secondary N) is 1. The third kappa shape index (κ3) is 4.62. The van der Waals surface area contributed by atoms with E-state index in [-0.39, 0.29) is 30.7 Å². The minimum atomic E-state index is -1.06. The summed E-state index contributed by atoms with van der Waals surface area (Å²) >= 11 is 1.62. The second-order valence-electron chi connectivity index (χ2n) is 6.91. The van der Waals surface area contributed by atoms with Crippen LogP contribution in [0.4, 0.5) is 5.69 Å². The molecule has 1 aromatic rings. The molecule has 7 nitrogen and oxygen atoms in total. The number of hydrogen-bond donors (Lipinski definition) is 2. The maximum absolute atomic E-state index is 12.6. The molecule has 0 aliphatic carbocycles. The van der Waals surface area contributed by atoms with Crippen LogP contribution in [-0.4, -0.2) is 54.9 Å². The van der Waals surface area contributed by atoms with Gasteiger partial charge in [-0.05, 0) is 43.4 Å². The molecular weight excluding hydrogens is 368 g/mol. The number of carboxylic acids is 1. The number of aliphatic carboxylic acids is 1.